The van der Waals surface area contributed by atoms with Gasteiger partial charge in [0, 0.05) is 10.5 Å². The molecule has 0 aromatic heterocycles. The lowest BCUT2D eigenvalue weighted by Gasteiger charge is -2.29. The Labute approximate surface area is 194 Å². The number of imide groups is 1. The third-order valence-corrected chi connectivity index (χ3v) is 6.40. The van der Waals surface area contributed by atoms with Crippen molar-refractivity contribution in [3.63, 3.8) is 0 Å². The monoisotopic (exact) mass is 492 g/mol. The molecule has 7 heteroatoms. The summed E-state index contributed by atoms with van der Waals surface area (Å²) in [6, 6.07) is 22.1. The van der Waals surface area contributed by atoms with Gasteiger partial charge in [-0.1, -0.05) is 57.9 Å². The molecule has 6 nitrogen and oxygen atoms in total. The Morgan fingerprint density at radius 3 is 2.34 bits per heavy atom. The van der Waals surface area contributed by atoms with Crippen LogP contribution in [0.5, 0.6) is 5.75 Å². The number of hydrogen-bond acceptors (Lipinski definition) is 5. The number of rotatable bonds is 4. The molecule has 0 bridgehead atoms. The molecule has 162 valence electrons. The Morgan fingerprint density at radius 1 is 0.906 bits per heavy atom. The first-order valence-electron chi connectivity index (χ1n) is 10.3. The van der Waals surface area contributed by atoms with Crippen LogP contribution in [0.1, 0.15) is 17.2 Å². The highest BCUT2D eigenvalue weighted by Gasteiger charge is 2.60. The molecule has 2 amide bonds. The number of hydroxylamine groups is 1. The highest BCUT2D eigenvalue weighted by Crippen LogP contribution is 2.48. The van der Waals surface area contributed by atoms with Gasteiger partial charge in [0.2, 0.25) is 5.91 Å². The number of carbonyl (C=O) groups excluding carboxylic acids is 2. The molecule has 2 aliphatic heterocycles. The second-order valence-corrected chi connectivity index (χ2v) is 8.84. The van der Waals surface area contributed by atoms with Crippen LogP contribution >= 0.6 is 15.9 Å². The molecule has 0 saturated carbocycles. The standard InChI is InChI=1S/C25H21BrN2O4/c1-15-9-11-16(12-10-15)22-21-23(32-28(22)19-7-3-5-17(26)13-19)25(30)27(24(21)29)18-6-4-8-20(14-18)31-2/h3-14,21-23H,1-2H3/t21-,22+,23-/m1/s1. The fourth-order valence-electron chi connectivity index (χ4n) is 4.36. The second kappa shape index (κ2) is 8.07. The number of fused-ring (bicyclic) bond motifs is 1. The number of aryl methyl sites for hydroxylation is 1. The van der Waals surface area contributed by atoms with Crippen LogP contribution in [0.4, 0.5) is 11.4 Å². The molecule has 2 aliphatic rings. The van der Waals surface area contributed by atoms with Gasteiger partial charge in [0.05, 0.1) is 24.5 Å². The SMILES string of the molecule is COc1cccc(N2C(=O)[C@H]3[C@@H](ON(c4cccc(Br)c4)[C@H]3c3ccc(C)cc3)C2=O)c1. The summed E-state index contributed by atoms with van der Waals surface area (Å²) in [5.41, 5.74) is 3.28. The van der Waals surface area contributed by atoms with Gasteiger partial charge in [-0.3, -0.25) is 14.4 Å². The first-order valence-corrected chi connectivity index (χ1v) is 11.1. The van der Waals surface area contributed by atoms with E-state index in [1.54, 1.807) is 36.4 Å². The summed E-state index contributed by atoms with van der Waals surface area (Å²) in [6.07, 6.45) is -0.904. The second-order valence-electron chi connectivity index (χ2n) is 7.93. The molecule has 2 saturated heterocycles. The van der Waals surface area contributed by atoms with Crippen molar-refractivity contribution in [3.05, 3.63) is 88.4 Å². The van der Waals surface area contributed by atoms with E-state index in [-0.39, 0.29) is 11.8 Å². The number of methoxy groups -OCH3 is 1. The van der Waals surface area contributed by atoms with Gasteiger partial charge in [0.15, 0.2) is 6.10 Å². The van der Waals surface area contributed by atoms with Crippen LogP contribution in [-0.2, 0) is 14.4 Å². The van der Waals surface area contributed by atoms with Crippen molar-refractivity contribution in [2.45, 2.75) is 19.1 Å². The maximum Gasteiger partial charge on any atom is 0.266 e. The maximum atomic E-state index is 13.6. The third-order valence-electron chi connectivity index (χ3n) is 5.91. The lowest BCUT2D eigenvalue weighted by atomic mass is 9.90. The number of hydrogen-bond donors (Lipinski definition) is 0. The highest BCUT2D eigenvalue weighted by atomic mass is 79.9. The number of anilines is 2. The Kier molecular flexibility index (Phi) is 5.23. The van der Waals surface area contributed by atoms with E-state index >= 15 is 0 Å². The minimum absolute atomic E-state index is 0.281. The topological polar surface area (TPSA) is 59.1 Å². The van der Waals surface area contributed by atoms with Gasteiger partial charge in [0.1, 0.15) is 11.7 Å². The molecule has 5 rings (SSSR count). The van der Waals surface area contributed by atoms with Crippen molar-refractivity contribution < 1.29 is 19.2 Å². The lowest BCUT2D eigenvalue weighted by Crippen LogP contribution is -2.37. The van der Waals surface area contributed by atoms with Crippen LogP contribution in [0, 0.1) is 12.8 Å². The predicted molar refractivity (Wildman–Crippen MR) is 124 cm³/mol. The zero-order valence-electron chi connectivity index (χ0n) is 17.6. The third kappa shape index (κ3) is 3.38. The smallest absolute Gasteiger partial charge is 0.266 e. The van der Waals surface area contributed by atoms with Crippen molar-refractivity contribution in [3.8, 4) is 5.75 Å². The van der Waals surface area contributed by atoms with E-state index in [1.807, 2.05) is 55.5 Å². The van der Waals surface area contributed by atoms with Gasteiger partial charge in [-0.05, 0) is 42.8 Å². The van der Waals surface area contributed by atoms with Gasteiger partial charge in [-0.15, -0.1) is 0 Å². The Balaban J connectivity index is 1.58. The van der Waals surface area contributed by atoms with Gasteiger partial charge >= 0.3 is 0 Å². The molecular weight excluding hydrogens is 472 g/mol. The zero-order valence-corrected chi connectivity index (χ0v) is 19.2. The Hall–Kier alpha value is -3.16. The quantitative estimate of drug-likeness (QED) is 0.488. The average molecular weight is 493 g/mol. The molecule has 0 unspecified atom stereocenters. The van der Waals surface area contributed by atoms with Crippen LogP contribution in [-0.4, -0.2) is 25.0 Å². The summed E-state index contributed by atoms with van der Waals surface area (Å²) in [7, 11) is 1.55. The molecule has 2 heterocycles. The first kappa shape index (κ1) is 20.7. The molecule has 32 heavy (non-hydrogen) atoms. The summed E-state index contributed by atoms with van der Waals surface area (Å²) < 4.78 is 6.16. The van der Waals surface area contributed by atoms with Gasteiger partial charge in [-0.25, -0.2) is 9.96 Å². The minimum atomic E-state index is -0.904. The number of ether oxygens (including phenoxy) is 1. The van der Waals surface area contributed by atoms with E-state index in [4.69, 9.17) is 9.57 Å². The molecule has 3 aromatic carbocycles. The molecule has 0 spiro atoms. The highest BCUT2D eigenvalue weighted by molar-refractivity contribution is 9.10. The van der Waals surface area contributed by atoms with Crippen molar-refractivity contribution in [1.29, 1.82) is 0 Å². The van der Waals surface area contributed by atoms with Crippen molar-refractivity contribution in [1.82, 2.24) is 0 Å². The van der Waals surface area contributed by atoms with Crippen molar-refractivity contribution in [2.75, 3.05) is 17.1 Å². The van der Waals surface area contributed by atoms with E-state index in [2.05, 4.69) is 15.9 Å². The summed E-state index contributed by atoms with van der Waals surface area (Å²) in [4.78, 5) is 34.4. The van der Waals surface area contributed by atoms with Crippen LogP contribution in [0.3, 0.4) is 0 Å². The zero-order chi connectivity index (χ0) is 22.4. The largest absolute Gasteiger partial charge is 0.497 e. The minimum Gasteiger partial charge on any atom is -0.497 e. The van der Waals surface area contributed by atoms with Crippen LogP contribution in [0.15, 0.2) is 77.3 Å². The Morgan fingerprint density at radius 2 is 1.62 bits per heavy atom. The van der Waals surface area contributed by atoms with Crippen molar-refractivity contribution in [2.24, 2.45) is 5.92 Å². The lowest BCUT2D eigenvalue weighted by molar-refractivity contribution is -0.126. The molecule has 3 aromatic rings. The molecule has 0 radical (unpaired) electrons. The summed E-state index contributed by atoms with van der Waals surface area (Å²) in [5.74, 6) is -0.749. The van der Waals surface area contributed by atoms with Gasteiger partial charge in [0.25, 0.3) is 5.91 Å². The fraction of sp³-hybridized carbons (Fsp3) is 0.200. The first-order chi connectivity index (χ1) is 15.5. The van der Waals surface area contributed by atoms with E-state index in [1.165, 1.54) is 4.90 Å². The number of nitrogens with zero attached hydrogens (tertiary/aromatic N) is 2. The van der Waals surface area contributed by atoms with Gasteiger partial charge in [-0.2, -0.15) is 0 Å². The van der Waals surface area contributed by atoms with E-state index in [0.717, 1.165) is 21.3 Å². The van der Waals surface area contributed by atoms with Gasteiger partial charge < -0.3 is 4.74 Å². The number of halogens is 1. The number of carbonyl (C=O) groups is 2. The number of benzene rings is 3. The molecule has 2 fully saturated rings. The normalized spacial score (nSPS) is 22.4. The molecular formula is C25H21BrN2O4. The average Bonchev–Trinajstić information content (AvgIpc) is 3.30. The predicted octanol–water partition coefficient (Wildman–Crippen LogP) is 4.82. The van der Waals surface area contributed by atoms with E-state index in [0.29, 0.717) is 11.4 Å². The number of amides is 2. The van der Waals surface area contributed by atoms with Crippen LogP contribution in [0.2, 0.25) is 0 Å². The fourth-order valence-corrected chi connectivity index (χ4v) is 4.75. The van der Waals surface area contributed by atoms with E-state index in [9.17, 15) is 9.59 Å². The summed E-state index contributed by atoms with van der Waals surface area (Å²) >= 11 is 3.50. The van der Waals surface area contributed by atoms with Crippen molar-refractivity contribution >= 4 is 39.1 Å². The molecule has 3 atom stereocenters. The molecule has 0 aliphatic carbocycles. The summed E-state index contributed by atoms with van der Waals surface area (Å²) in [5, 5.41) is 1.70. The van der Waals surface area contributed by atoms with E-state index < -0.39 is 18.1 Å². The Bertz CT molecular complexity index is 1200. The summed E-state index contributed by atoms with van der Waals surface area (Å²) in [6.45, 7) is 2.01. The van der Waals surface area contributed by atoms with Crippen LogP contribution < -0.4 is 14.7 Å². The van der Waals surface area contributed by atoms with Crippen LogP contribution in [0.25, 0.3) is 0 Å². The molecule has 0 N–H and O–H groups in total. The maximum absolute atomic E-state index is 13.6.